The lowest BCUT2D eigenvalue weighted by Crippen LogP contribution is -2.60. The third-order valence-corrected chi connectivity index (χ3v) is 8.41. The van der Waals surface area contributed by atoms with Gasteiger partial charge in [0.15, 0.2) is 11.5 Å². The molecule has 4 atom stereocenters. The van der Waals surface area contributed by atoms with Crippen molar-refractivity contribution in [3.05, 3.63) is 41.6 Å². The van der Waals surface area contributed by atoms with E-state index in [9.17, 15) is 4.79 Å². The predicted octanol–water partition coefficient (Wildman–Crippen LogP) is 4.13. The Kier molecular flexibility index (Phi) is 5.60. The molecule has 6 rings (SSSR count). The summed E-state index contributed by atoms with van der Waals surface area (Å²) in [6.07, 6.45) is 9.96. The SMILES string of the molecule is COc1ccc(-c2cc(C(=O)N3CCCC4=C[C@@H]5C[C@@H](CN6CCCCC56)C43)[nH]n2)cc1OC. The maximum absolute atomic E-state index is 13.7. The summed E-state index contributed by atoms with van der Waals surface area (Å²) in [7, 11) is 3.24. The standard InChI is InChI=1S/C27H34N4O3/c1-33-24-9-8-17(14-25(24)34-2)21-15-22(29-28-21)27(32)31-11-5-6-18-12-19-13-20(26(18)31)16-30-10-4-3-7-23(19)30/h8-9,12,14-15,19-20,23,26H,3-7,10-11,13,16H2,1-2H3,(H,28,29)/t19-,20+,23?,26?/m1/s1. The Hall–Kier alpha value is -2.80. The molecule has 0 radical (unpaired) electrons. The number of aromatic nitrogens is 2. The fraction of sp³-hybridized carbons (Fsp3) is 0.556. The van der Waals surface area contributed by atoms with Crippen LogP contribution in [0.4, 0.5) is 0 Å². The number of aromatic amines is 1. The minimum atomic E-state index is 0.0639. The third kappa shape index (κ3) is 3.61. The molecule has 2 unspecified atom stereocenters. The van der Waals surface area contributed by atoms with Crippen molar-refractivity contribution in [2.24, 2.45) is 11.8 Å². The average Bonchev–Trinajstić information content (AvgIpc) is 3.38. The van der Waals surface area contributed by atoms with Crippen LogP contribution in [0.3, 0.4) is 0 Å². The van der Waals surface area contributed by atoms with E-state index in [2.05, 4.69) is 26.1 Å². The number of benzene rings is 1. The highest BCUT2D eigenvalue weighted by atomic mass is 16.5. The summed E-state index contributed by atoms with van der Waals surface area (Å²) in [5.41, 5.74) is 3.68. The number of hydrogen-bond donors (Lipinski definition) is 1. The van der Waals surface area contributed by atoms with Gasteiger partial charge in [-0.2, -0.15) is 5.10 Å². The van der Waals surface area contributed by atoms with Crippen molar-refractivity contribution < 1.29 is 14.3 Å². The number of carbonyl (C=O) groups is 1. The minimum Gasteiger partial charge on any atom is -0.493 e. The highest BCUT2D eigenvalue weighted by Crippen LogP contribution is 2.45. The summed E-state index contributed by atoms with van der Waals surface area (Å²) in [6.45, 7) is 3.17. The van der Waals surface area contributed by atoms with Gasteiger partial charge in [-0.1, -0.05) is 18.1 Å². The Morgan fingerprint density at radius 3 is 2.82 bits per heavy atom. The molecule has 0 saturated carbocycles. The summed E-state index contributed by atoms with van der Waals surface area (Å²) in [5, 5.41) is 7.48. The zero-order chi connectivity index (χ0) is 23.2. The fourth-order valence-corrected chi connectivity index (χ4v) is 6.93. The first-order valence-corrected chi connectivity index (χ1v) is 12.7. The highest BCUT2D eigenvalue weighted by Gasteiger charge is 2.47. The first-order chi connectivity index (χ1) is 16.7. The number of piperidine rings is 3. The number of amides is 1. The van der Waals surface area contributed by atoms with Crippen molar-refractivity contribution in [2.45, 2.75) is 50.6 Å². The number of methoxy groups -OCH3 is 2. The molecule has 3 fully saturated rings. The number of nitrogens with zero attached hydrogens (tertiary/aromatic N) is 3. The molecule has 7 nitrogen and oxygen atoms in total. The van der Waals surface area contributed by atoms with E-state index in [4.69, 9.17) is 9.47 Å². The van der Waals surface area contributed by atoms with E-state index < -0.39 is 0 Å². The van der Waals surface area contributed by atoms with Crippen molar-refractivity contribution in [1.29, 1.82) is 0 Å². The zero-order valence-electron chi connectivity index (χ0n) is 20.1. The van der Waals surface area contributed by atoms with Crippen LogP contribution in [0.5, 0.6) is 11.5 Å². The van der Waals surface area contributed by atoms with Crippen molar-refractivity contribution in [3.63, 3.8) is 0 Å². The van der Waals surface area contributed by atoms with Crippen molar-refractivity contribution >= 4 is 5.91 Å². The van der Waals surface area contributed by atoms with E-state index in [1.807, 2.05) is 24.3 Å². The molecule has 34 heavy (non-hydrogen) atoms. The van der Waals surface area contributed by atoms with Crippen molar-refractivity contribution in [3.8, 4) is 22.8 Å². The molecular weight excluding hydrogens is 428 g/mol. The van der Waals surface area contributed by atoms with Crippen LogP contribution in [-0.4, -0.2) is 71.8 Å². The van der Waals surface area contributed by atoms with Gasteiger partial charge in [0.2, 0.25) is 0 Å². The van der Waals surface area contributed by atoms with Crippen LogP contribution >= 0.6 is 0 Å². The predicted molar refractivity (Wildman–Crippen MR) is 130 cm³/mol. The topological polar surface area (TPSA) is 70.7 Å². The van der Waals surface area contributed by atoms with Crippen LogP contribution in [0.2, 0.25) is 0 Å². The second-order valence-electron chi connectivity index (χ2n) is 10.2. The summed E-state index contributed by atoms with van der Waals surface area (Å²) in [5.74, 6) is 2.59. The number of hydrogen-bond acceptors (Lipinski definition) is 5. The van der Waals surface area contributed by atoms with E-state index in [1.165, 1.54) is 37.8 Å². The molecule has 1 N–H and O–H groups in total. The van der Waals surface area contributed by atoms with Gasteiger partial charge < -0.3 is 14.4 Å². The van der Waals surface area contributed by atoms with Gasteiger partial charge in [-0.25, -0.2) is 0 Å². The molecule has 1 aromatic heterocycles. The number of H-pyrrole nitrogens is 1. The largest absolute Gasteiger partial charge is 0.493 e. The number of nitrogens with one attached hydrogen (secondary N) is 1. The average molecular weight is 463 g/mol. The van der Waals surface area contributed by atoms with Crippen LogP contribution in [0.25, 0.3) is 11.3 Å². The number of ether oxygens (including phenoxy) is 2. The van der Waals surface area contributed by atoms with Gasteiger partial charge in [-0.3, -0.25) is 14.8 Å². The molecule has 2 aromatic rings. The summed E-state index contributed by atoms with van der Waals surface area (Å²) < 4.78 is 10.8. The lowest BCUT2D eigenvalue weighted by molar-refractivity contribution is 0.00131. The monoisotopic (exact) mass is 462 g/mol. The molecule has 0 spiro atoms. The van der Waals surface area contributed by atoms with Gasteiger partial charge in [0.1, 0.15) is 5.69 Å². The minimum absolute atomic E-state index is 0.0639. The Morgan fingerprint density at radius 2 is 1.97 bits per heavy atom. The third-order valence-electron chi connectivity index (χ3n) is 8.41. The maximum atomic E-state index is 13.7. The van der Waals surface area contributed by atoms with Gasteiger partial charge >= 0.3 is 0 Å². The van der Waals surface area contributed by atoms with E-state index in [1.54, 1.807) is 14.2 Å². The summed E-state index contributed by atoms with van der Waals surface area (Å²) in [6, 6.07) is 8.51. The van der Waals surface area contributed by atoms with E-state index in [-0.39, 0.29) is 11.9 Å². The van der Waals surface area contributed by atoms with Crippen LogP contribution in [-0.2, 0) is 0 Å². The summed E-state index contributed by atoms with van der Waals surface area (Å²) in [4.78, 5) is 18.6. The second kappa shape index (κ2) is 8.77. The van der Waals surface area contributed by atoms with E-state index in [0.29, 0.717) is 29.0 Å². The quantitative estimate of drug-likeness (QED) is 0.692. The zero-order valence-corrected chi connectivity index (χ0v) is 20.1. The molecule has 1 aromatic carbocycles. The molecule has 3 saturated heterocycles. The van der Waals surface area contributed by atoms with Gasteiger partial charge in [-0.05, 0) is 74.8 Å². The first-order valence-electron chi connectivity index (χ1n) is 12.7. The van der Waals surface area contributed by atoms with Crippen LogP contribution in [0.1, 0.15) is 49.0 Å². The lowest BCUT2D eigenvalue weighted by Gasteiger charge is -2.54. The van der Waals surface area contributed by atoms with Gasteiger partial charge in [0, 0.05) is 24.7 Å². The molecular formula is C27H34N4O3. The molecule has 4 heterocycles. The number of carbonyl (C=O) groups excluding carboxylic acids is 1. The molecule has 7 heteroatoms. The lowest BCUT2D eigenvalue weighted by atomic mass is 9.68. The molecule has 180 valence electrons. The number of fused-ring (bicyclic) bond motifs is 6. The van der Waals surface area contributed by atoms with Crippen molar-refractivity contribution in [2.75, 3.05) is 33.9 Å². The Bertz CT molecular complexity index is 1110. The first kappa shape index (κ1) is 21.7. The van der Waals surface area contributed by atoms with Crippen LogP contribution in [0.15, 0.2) is 35.9 Å². The highest BCUT2D eigenvalue weighted by molar-refractivity contribution is 5.94. The Morgan fingerprint density at radius 1 is 1.09 bits per heavy atom. The van der Waals surface area contributed by atoms with Crippen LogP contribution in [0, 0.1) is 11.8 Å². The Labute approximate surface area is 201 Å². The normalized spacial score (nSPS) is 28.5. The number of rotatable bonds is 4. The molecule has 2 bridgehead atoms. The van der Waals surface area contributed by atoms with Gasteiger partial charge in [-0.15, -0.1) is 0 Å². The van der Waals surface area contributed by atoms with Crippen LogP contribution < -0.4 is 9.47 Å². The van der Waals surface area contributed by atoms with E-state index >= 15 is 0 Å². The van der Waals surface area contributed by atoms with Gasteiger partial charge in [0.05, 0.1) is 26.0 Å². The van der Waals surface area contributed by atoms with Gasteiger partial charge in [0.25, 0.3) is 5.91 Å². The summed E-state index contributed by atoms with van der Waals surface area (Å²) >= 11 is 0. The number of likely N-dealkylation sites (tertiary alicyclic amines) is 1. The molecule has 4 aliphatic rings. The Balaban J connectivity index is 1.26. The molecule has 1 aliphatic carbocycles. The fourth-order valence-electron chi connectivity index (χ4n) is 6.93. The molecule has 1 amide bonds. The van der Waals surface area contributed by atoms with E-state index in [0.717, 1.165) is 43.2 Å². The maximum Gasteiger partial charge on any atom is 0.272 e. The second-order valence-corrected chi connectivity index (χ2v) is 10.2. The smallest absolute Gasteiger partial charge is 0.272 e. The molecule has 3 aliphatic heterocycles. The van der Waals surface area contributed by atoms with Crippen molar-refractivity contribution in [1.82, 2.24) is 20.0 Å².